The summed E-state index contributed by atoms with van der Waals surface area (Å²) >= 11 is 0. The highest BCUT2D eigenvalue weighted by atomic mass is 16.4. The summed E-state index contributed by atoms with van der Waals surface area (Å²) in [5.41, 5.74) is 7.30. The Kier molecular flexibility index (Phi) is 2.37. The molecule has 2 heterocycles. The minimum absolute atomic E-state index is 0.129. The number of rotatable bonds is 2. The highest BCUT2D eigenvalue weighted by Crippen LogP contribution is 2.60. The monoisotopic (exact) mass is 299 g/mol. The second-order valence-electron chi connectivity index (χ2n) is 7.72. The number of nitrogen functional groups attached to an aromatic ring is 1. The van der Waals surface area contributed by atoms with Crippen molar-refractivity contribution in [1.29, 1.82) is 0 Å². The van der Waals surface area contributed by atoms with Gasteiger partial charge >= 0.3 is 0 Å². The molecule has 6 nitrogen and oxygen atoms in total. The number of hydrogen-bond donors (Lipinski definition) is 1. The molecule has 6 rings (SSSR count). The molecule has 4 saturated carbocycles. The quantitative estimate of drug-likeness (QED) is 0.921. The van der Waals surface area contributed by atoms with Crippen LogP contribution in [0.15, 0.2) is 10.6 Å². The number of hydrogen-bond acceptors (Lipinski definition) is 5. The first-order valence-electron chi connectivity index (χ1n) is 8.25. The van der Waals surface area contributed by atoms with E-state index in [-0.39, 0.29) is 5.41 Å². The Bertz CT molecular complexity index is 695. The lowest BCUT2D eigenvalue weighted by atomic mass is 9.49. The number of nitrogens with zero attached hydrogens (tertiary/aromatic N) is 4. The molecule has 0 atom stereocenters. The van der Waals surface area contributed by atoms with Crippen LogP contribution in [0.3, 0.4) is 0 Å². The first-order chi connectivity index (χ1) is 10.6. The van der Waals surface area contributed by atoms with Gasteiger partial charge in [0.2, 0.25) is 5.89 Å². The molecule has 0 aliphatic heterocycles. The van der Waals surface area contributed by atoms with Crippen molar-refractivity contribution in [1.82, 2.24) is 20.0 Å². The average molecular weight is 299 g/mol. The summed E-state index contributed by atoms with van der Waals surface area (Å²) in [4.78, 5) is 0. The van der Waals surface area contributed by atoms with Gasteiger partial charge in [0.1, 0.15) is 0 Å². The number of aromatic nitrogens is 4. The molecule has 2 aromatic rings. The predicted molar refractivity (Wildman–Crippen MR) is 80.8 cm³/mol. The third kappa shape index (κ3) is 1.69. The van der Waals surface area contributed by atoms with Crippen LogP contribution in [0.1, 0.15) is 44.4 Å². The summed E-state index contributed by atoms with van der Waals surface area (Å²) in [7, 11) is 1.84. The van der Waals surface area contributed by atoms with E-state index in [2.05, 4.69) is 15.3 Å². The van der Waals surface area contributed by atoms with E-state index in [0.29, 0.717) is 17.3 Å². The maximum Gasteiger partial charge on any atom is 0.270 e. The maximum atomic E-state index is 6.07. The van der Waals surface area contributed by atoms with Crippen LogP contribution in [0.25, 0.3) is 11.6 Å². The minimum atomic E-state index is 0.129. The maximum absolute atomic E-state index is 6.07. The van der Waals surface area contributed by atoms with Gasteiger partial charge in [0.15, 0.2) is 5.69 Å². The van der Waals surface area contributed by atoms with Crippen LogP contribution in [0.4, 0.5) is 5.69 Å². The van der Waals surface area contributed by atoms with Crippen molar-refractivity contribution < 1.29 is 4.42 Å². The van der Waals surface area contributed by atoms with Gasteiger partial charge in [0.05, 0.1) is 5.69 Å². The average Bonchev–Trinajstić information content (AvgIpc) is 3.04. The van der Waals surface area contributed by atoms with E-state index in [1.54, 1.807) is 10.9 Å². The largest absolute Gasteiger partial charge is 0.419 e. The molecular weight excluding hydrogens is 278 g/mol. The van der Waals surface area contributed by atoms with Crippen LogP contribution in [0, 0.1) is 17.8 Å². The van der Waals surface area contributed by atoms with Gasteiger partial charge in [-0.1, -0.05) is 0 Å². The molecule has 0 unspecified atom stereocenters. The Balaban J connectivity index is 1.53. The standard InChI is InChI=1S/C16H21N5O/c1-21-8-12(17)13(20-21)14-18-19-15(22-14)16-5-9-2-10(6-16)4-11(3-9)7-16/h8-11H,2-7,17H2,1H3. The normalized spacial score (nSPS) is 36.1. The van der Waals surface area contributed by atoms with Crippen molar-refractivity contribution in [3.8, 4) is 11.6 Å². The first kappa shape index (κ1) is 12.7. The van der Waals surface area contributed by atoms with Crippen LogP contribution in [-0.2, 0) is 12.5 Å². The summed E-state index contributed by atoms with van der Waals surface area (Å²) in [6, 6.07) is 0. The molecule has 4 aliphatic carbocycles. The number of aryl methyl sites for hydroxylation is 1. The van der Waals surface area contributed by atoms with Gasteiger partial charge < -0.3 is 10.2 Å². The Hall–Kier alpha value is -1.85. The van der Waals surface area contributed by atoms with E-state index in [9.17, 15) is 0 Å². The Morgan fingerprint density at radius 1 is 1.14 bits per heavy atom. The molecule has 116 valence electrons. The topological polar surface area (TPSA) is 82.8 Å². The molecule has 2 aromatic heterocycles. The lowest BCUT2D eigenvalue weighted by Gasteiger charge is -2.55. The molecule has 0 saturated heterocycles. The molecule has 0 aromatic carbocycles. The molecule has 6 heteroatoms. The van der Waals surface area contributed by atoms with Gasteiger partial charge in [-0.25, -0.2) is 0 Å². The molecule has 0 amide bonds. The molecule has 0 spiro atoms. The first-order valence-corrected chi connectivity index (χ1v) is 8.25. The smallest absolute Gasteiger partial charge is 0.270 e. The SMILES string of the molecule is Cn1cc(N)c(-c2nnc(C34CC5CC(CC(C5)C3)C4)o2)n1. The van der Waals surface area contributed by atoms with Crippen molar-refractivity contribution in [3.63, 3.8) is 0 Å². The molecule has 4 bridgehead atoms. The zero-order valence-corrected chi connectivity index (χ0v) is 12.8. The Labute approximate surface area is 129 Å². The van der Waals surface area contributed by atoms with Crippen molar-refractivity contribution in [3.05, 3.63) is 12.1 Å². The van der Waals surface area contributed by atoms with Gasteiger partial charge in [0.25, 0.3) is 5.89 Å². The van der Waals surface area contributed by atoms with Crippen molar-refractivity contribution >= 4 is 5.69 Å². The molecule has 22 heavy (non-hydrogen) atoms. The van der Waals surface area contributed by atoms with E-state index in [1.807, 2.05) is 7.05 Å². The Morgan fingerprint density at radius 3 is 2.32 bits per heavy atom. The molecule has 4 aliphatic rings. The third-order valence-corrected chi connectivity index (χ3v) is 5.98. The zero-order chi connectivity index (χ0) is 14.9. The van der Waals surface area contributed by atoms with E-state index < -0.39 is 0 Å². The van der Waals surface area contributed by atoms with Gasteiger partial charge in [-0.05, 0) is 56.3 Å². The molecule has 4 fully saturated rings. The molecular formula is C16H21N5O. The van der Waals surface area contributed by atoms with Crippen molar-refractivity contribution in [2.24, 2.45) is 24.8 Å². The summed E-state index contributed by atoms with van der Waals surface area (Å²) in [5.74, 6) is 3.88. The molecule has 2 N–H and O–H groups in total. The fraction of sp³-hybridized carbons (Fsp3) is 0.688. The fourth-order valence-corrected chi connectivity index (χ4v) is 5.58. The van der Waals surface area contributed by atoms with Gasteiger partial charge in [0, 0.05) is 18.7 Å². The predicted octanol–water partition coefficient (Wildman–Crippen LogP) is 2.52. The highest BCUT2D eigenvalue weighted by molar-refractivity contribution is 5.64. The Morgan fingerprint density at radius 2 is 1.77 bits per heavy atom. The van der Waals surface area contributed by atoms with Gasteiger partial charge in [-0.3, -0.25) is 4.68 Å². The minimum Gasteiger partial charge on any atom is -0.419 e. The van der Waals surface area contributed by atoms with Crippen molar-refractivity contribution in [2.75, 3.05) is 5.73 Å². The van der Waals surface area contributed by atoms with Crippen LogP contribution in [-0.4, -0.2) is 20.0 Å². The zero-order valence-electron chi connectivity index (χ0n) is 12.8. The second-order valence-corrected chi connectivity index (χ2v) is 7.72. The van der Waals surface area contributed by atoms with Crippen LogP contribution in [0.5, 0.6) is 0 Å². The van der Waals surface area contributed by atoms with E-state index in [4.69, 9.17) is 10.2 Å². The van der Waals surface area contributed by atoms with Crippen LogP contribution < -0.4 is 5.73 Å². The van der Waals surface area contributed by atoms with Gasteiger partial charge in [-0.15, -0.1) is 10.2 Å². The lowest BCUT2D eigenvalue weighted by Crippen LogP contribution is -2.48. The van der Waals surface area contributed by atoms with E-state index >= 15 is 0 Å². The fourth-order valence-electron chi connectivity index (χ4n) is 5.58. The number of anilines is 1. The summed E-state index contributed by atoms with van der Waals surface area (Å²) in [6.07, 6.45) is 9.66. The van der Waals surface area contributed by atoms with Crippen molar-refractivity contribution in [2.45, 2.75) is 43.9 Å². The summed E-state index contributed by atoms with van der Waals surface area (Å²) in [6.45, 7) is 0. The van der Waals surface area contributed by atoms with Crippen LogP contribution >= 0.6 is 0 Å². The molecule has 0 radical (unpaired) electrons. The third-order valence-electron chi connectivity index (χ3n) is 5.98. The highest BCUT2D eigenvalue weighted by Gasteiger charge is 2.54. The summed E-state index contributed by atoms with van der Waals surface area (Å²) < 4.78 is 7.75. The van der Waals surface area contributed by atoms with Crippen LogP contribution in [0.2, 0.25) is 0 Å². The lowest BCUT2D eigenvalue weighted by molar-refractivity contribution is -0.0176. The second kappa shape index (κ2) is 4.12. The van der Waals surface area contributed by atoms with E-state index in [1.165, 1.54) is 38.5 Å². The number of nitrogens with two attached hydrogens (primary N) is 1. The van der Waals surface area contributed by atoms with E-state index in [0.717, 1.165) is 23.6 Å². The summed E-state index contributed by atoms with van der Waals surface area (Å²) in [5, 5.41) is 13.0. The van der Waals surface area contributed by atoms with Gasteiger partial charge in [-0.2, -0.15) is 5.10 Å².